The summed E-state index contributed by atoms with van der Waals surface area (Å²) in [4.78, 5) is 2.73. The minimum absolute atomic E-state index is 0.652. The van der Waals surface area contributed by atoms with Gasteiger partial charge in [-0.1, -0.05) is 27.2 Å². The summed E-state index contributed by atoms with van der Waals surface area (Å²) in [6.07, 6.45) is 5.36. The average molecular weight is 226 g/mol. The standard InChI is InChI=1S/C14H30N2/c1-6-11(3)14(15-5)10-16-12(4)8-9-13(16)7-2/h11-15H,6-10H2,1-5H3. The molecule has 2 heteroatoms. The Morgan fingerprint density at radius 2 is 2.00 bits per heavy atom. The predicted octanol–water partition coefficient (Wildman–Crippen LogP) is 2.88. The van der Waals surface area contributed by atoms with E-state index in [2.05, 4.69) is 45.0 Å². The van der Waals surface area contributed by atoms with E-state index in [9.17, 15) is 0 Å². The molecule has 4 unspecified atom stereocenters. The third-order valence-electron chi connectivity index (χ3n) is 4.53. The number of hydrogen-bond acceptors (Lipinski definition) is 2. The van der Waals surface area contributed by atoms with Crippen LogP contribution in [0.15, 0.2) is 0 Å². The van der Waals surface area contributed by atoms with Crippen LogP contribution in [0.25, 0.3) is 0 Å². The van der Waals surface area contributed by atoms with Crippen molar-refractivity contribution in [3.8, 4) is 0 Å². The van der Waals surface area contributed by atoms with Crippen LogP contribution in [0.4, 0.5) is 0 Å². The number of nitrogens with zero attached hydrogens (tertiary/aromatic N) is 1. The first kappa shape index (κ1) is 14.0. The van der Waals surface area contributed by atoms with E-state index in [1.165, 1.54) is 32.2 Å². The van der Waals surface area contributed by atoms with Crippen LogP contribution in [0, 0.1) is 5.92 Å². The first-order valence-corrected chi connectivity index (χ1v) is 7.06. The molecule has 0 aromatic rings. The second-order valence-electron chi connectivity index (χ2n) is 5.47. The predicted molar refractivity (Wildman–Crippen MR) is 71.8 cm³/mol. The van der Waals surface area contributed by atoms with Gasteiger partial charge in [0.05, 0.1) is 0 Å². The maximum Gasteiger partial charge on any atom is 0.0217 e. The van der Waals surface area contributed by atoms with E-state index in [0.717, 1.165) is 18.0 Å². The summed E-state index contributed by atoms with van der Waals surface area (Å²) >= 11 is 0. The third kappa shape index (κ3) is 3.21. The molecule has 2 nitrogen and oxygen atoms in total. The summed E-state index contributed by atoms with van der Waals surface area (Å²) in [6, 6.07) is 2.26. The maximum absolute atomic E-state index is 3.50. The number of likely N-dealkylation sites (tertiary alicyclic amines) is 1. The Bertz CT molecular complexity index is 193. The molecule has 4 atom stereocenters. The highest BCUT2D eigenvalue weighted by molar-refractivity contribution is 4.88. The van der Waals surface area contributed by atoms with Crippen molar-refractivity contribution in [2.45, 2.75) is 71.5 Å². The average Bonchev–Trinajstić information content (AvgIpc) is 2.66. The van der Waals surface area contributed by atoms with Gasteiger partial charge in [-0.05, 0) is 39.2 Å². The molecule has 1 fully saturated rings. The minimum Gasteiger partial charge on any atom is -0.315 e. The van der Waals surface area contributed by atoms with Crippen LogP contribution < -0.4 is 5.32 Å². The summed E-state index contributed by atoms with van der Waals surface area (Å²) in [7, 11) is 2.11. The molecule has 0 spiro atoms. The smallest absolute Gasteiger partial charge is 0.0217 e. The van der Waals surface area contributed by atoms with Gasteiger partial charge in [0.25, 0.3) is 0 Å². The molecular weight excluding hydrogens is 196 g/mol. The molecule has 1 saturated heterocycles. The largest absolute Gasteiger partial charge is 0.315 e. The highest BCUT2D eigenvalue weighted by Crippen LogP contribution is 2.26. The van der Waals surface area contributed by atoms with Crippen LogP contribution >= 0.6 is 0 Å². The van der Waals surface area contributed by atoms with Crippen LogP contribution in [0.3, 0.4) is 0 Å². The van der Waals surface area contributed by atoms with Crippen LogP contribution in [0.1, 0.15) is 53.4 Å². The molecule has 0 bridgehead atoms. The van der Waals surface area contributed by atoms with Gasteiger partial charge in [-0.2, -0.15) is 0 Å². The first-order chi connectivity index (χ1) is 7.63. The molecule has 0 radical (unpaired) electrons. The van der Waals surface area contributed by atoms with Gasteiger partial charge in [-0.25, -0.2) is 0 Å². The maximum atomic E-state index is 3.50. The molecule has 1 aliphatic rings. The van der Waals surface area contributed by atoms with Gasteiger partial charge < -0.3 is 5.32 Å². The third-order valence-corrected chi connectivity index (χ3v) is 4.53. The second kappa shape index (κ2) is 6.61. The van der Waals surface area contributed by atoms with Crippen molar-refractivity contribution >= 4 is 0 Å². The molecule has 0 aromatic carbocycles. The number of hydrogen-bond donors (Lipinski definition) is 1. The summed E-state index contributed by atoms with van der Waals surface area (Å²) in [5, 5.41) is 3.50. The van der Waals surface area contributed by atoms with Gasteiger partial charge in [0.1, 0.15) is 0 Å². The van der Waals surface area contributed by atoms with E-state index in [1.807, 2.05) is 0 Å². The Kier molecular flexibility index (Phi) is 5.77. The first-order valence-electron chi connectivity index (χ1n) is 7.06. The molecule has 16 heavy (non-hydrogen) atoms. The Labute approximate surface area is 102 Å². The zero-order chi connectivity index (χ0) is 12.1. The van der Waals surface area contributed by atoms with Gasteiger partial charge >= 0.3 is 0 Å². The molecule has 0 aliphatic carbocycles. The Balaban J connectivity index is 2.55. The second-order valence-corrected chi connectivity index (χ2v) is 5.47. The zero-order valence-corrected chi connectivity index (χ0v) is 11.8. The lowest BCUT2D eigenvalue weighted by Crippen LogP contribution is -2.47. The molecule has 1 N–H and O–H groups in total. The van der Waals surface area contributed by atoms with Crippen molar-refractivity contribution in [3.63, 3.8) is 0 Å². The molecule has 0 saturated carbocycles. The van der Waals surface area contributed by atoms with Crippen molar-refractivity contribution in [1.82, 2.24) is 10.2 Å². The van der Waals surface area contributed by atoms with E-state index in [0.29, 0.717) is 6.04 Å². The lowest BCUT2D eigenvalue weighted by molar-refractivity contribution is 0.160. The van der Waals surface area contributed by atoms with E-state index in [-0.39, 0.29) is 0 Å². The van der Waals surface area contributed by atoms with Gasteiger partial charge in [0, 0.05) is 24.7 Å². The van der Waals surface area contributed by atoms with Crippen LogP contribution in [0.5, 0.6) is 0 Å². The lowest BCUT2D eigenvalue weighted by atomic mass is 9.98. The Morgan fingerprint density at radius 1 is 1.31 bits per heavy atom. The highest BCUT2D eigenvalue weighted by atomic mass is 15.2. The SMILES string of the molecule is CCC(C)C(CN1C(C)CCC1CC)NC. The minimum atomic E-state index is 0.652. The zero-order valence-electron chi connectivity index (χ0n) is 11.8. The molecule has 1 aliphatic heterocycles. The van der Waals surface area contributed by atoms with Crippen LogP contribution in [-0.4, -0.2) is 36.6 Å². The summed E-state index contributed by atoms with van der Waals surface area (Å²) in [6.45, 7) is 10.6. The molecule has 96 valence electrons. The fourth-order valence-electron chi connectivity index (χ4n) is 2.96. The number of nitrogens with one attached hydrogen (secondary N) is 1. The fourth-order valence-corrected chi connectivity index (χ4v) is 2.96. The lowest BCUT2D eigenvalue weighted by Gasteiger charge is -2.34. The topological polar surface area (TPSA) is 15.3 Å². The molecule has 1 heterocycles. The van der Waals surface area contributed by atoms with E-state index in [1.54, 1.807) is 0 Å². The summed E-state index contributed by atoms with van der Waals surface area (Å²) in [5.41, 5.74) is 0. The monoisotopic (exact) mass is 226 g/mol. The number of rotatable bonds is 6. The van der Waals surface area contributed by atoms with Crippen LogP contribution in [0.2, 0.25) is 0 Å². The Hall–Kier alpha value is -0.0800. The van der Waals surface area contributed by atoms with Crippen molar-refractivity contribution in [2.75, 3.05) is 13.6 Å². The van der Waals surface area contributed by atoms with E-state index < -0.39 is 0 Å². The van der Waals surface area contributed by atoms with Crippen molar-refractivity contribution in [1.29, 1.82) is 0 Å². The molecular formula is C14H30N2. The van der Waals surface area contributed by atoms with Crippen molar-refractivity contribution in [2.24, 2.45) is 5.92 Å². The van der Waals surface area contributed by atoms with Gasteiger partial charge in [0.2, 0.25) is 0 Å². The van der Waals surface area contributed by atoms with E-state index in [4.69, 9.17) is 0 Å². The van der Waals surface area contributed by atoms with Gasteiger partial charge in [-0.3, -0.25) is 4.90 Å². The number of likely N-dealkylation sites (N-methyl/N-ethyl adjacent to an activating group) is 1. The van der Waals surface area contributed by atoms with Crippen molar-refractivity contribution < 1.29 is 0 Å². The van der Waals surface area contributed by atoms with Gasteiger partial charge in [-0.15, -0.1) is 0 Å². The Morgan fingerprint density at radius 3 is 2.50 bits per heavy atom. The summed E-state index contributed by atoms with van der Waals surface area (Å²) < 4.78 is 0. The normalized spacial score (nSPS) is 30.6. The quantitative estimate of drug-likeness (QED) is 0.749. The van der Waals surface area contributed by atoms with Gasteiger partial charge in [0.15, 0.2) is 0 Å². The van der Waals surface area contributed by atoms with E-state index >= 15 is 0 Å². The fraction of sp³-hybridized carbons (Fsp3) is 1.00. The molecule has 0 aromatic heterocycles. The molecule has 1 rings (SSSR count). The summed E-state index contributed by atoms with van der Waals surface area (Å²) in [5.74, 6) is 0.773. The molecule has 0 amide bonds. The van der Waals surface area contributed by atoms with Crippen molar-refractivity contribution in [3.05, 3.63) is 0 Å². The van der Waals surface area contributed by atoms with Crippen LogP contribution in [-0.2, 0) is 0 Å². The highest BCUT2D eigenvalue weighted by Gasteiger charge is 2.31.